The number of aliphatic hydroxyl groups excluding tert-OH is 1. The zero-order chi connectivity index (χ0) is 19.5. The number of nitrogens with two attached hydrogens (primary N) is 1. The van der Waals surface area contributed by atoms with Crippen molar-refractivity contribution < 1.29 is 23.4 Å². The molecule has 0 bridgehead atoms. The predicted octanol–water partition coefficient (Wildman–Crippen LogP) is 3.12. The summed E-state index contributed by atoms with van der Waals surface area (Å²) in [4.78, 5) is 0. The Balaban J connectivity index is 1.69. The topological polar surface area (TPSA) is 64.7 Å². The molecule has 0 spiro atoms. The van der Waals surface area contributed by atoms with Crippen molar-refractivity contribution in [2.45, 2.75) is 31.1 Å². The Morgan fingerprint density at radius 2 is 1.96 bits per heavy atom. The average Bonchev–Trinajstić information content (AvgIpc) is 2.65. The fourth-order valence-corrected chi connectivity index (χ4v) is 3.63. The van der Waals surface area contributed by atoms with Crippen molar-refractivity contribution in [3.63, 3.8) is 0 Å². The summed E-state index contributed by atoms with van der Waals surface area (Å²) in [5, 5.41) is 9.90. The number of benzene rings is 2. The third-order valence-corrected chi connectivity index (χ3v) is 5.24. The van der Waals surface area contributed by atoms with Crippen molar-refractivity contribution in [1.29, 1.82) is 0 Å². The highest BCUT2D eigenvalue weighted by atomic mass is 19.1. The van der Waals surface area contributed by atoms with Gasteiger partial charge in [-0.1, -0.05) is 36.4 Å². The van der Waals surface area contributed by atoms with Crippen molar-refractivity contribution in [3.05, 3.63) is 71.3 Å². The average molecular weight is 377 g/mol. The van der Waals surface area contributed by atoms with Gasteiger partial charge in [-0.25, -0.2) is 8.78 Å². The van der Waals surface area contributed by atoms with Crippen molar-refractivity contribution in [2.75, 3.05) is 19.8 Å². The standard InChI is InChI=1S/C21H25F2NO3/c1-20(13-26-12-15-5-3-2-4-6-15)10-16(11-25)21(24,14-27-20)18-8-7-17(22)9-19(18)23/h2-9,16,25H,10-14,24H2,1H3/t16-,20+,21-/m0/s1. The molecule has 1 saturated heterocycles. The third-order valence-electron chi connectivity index (χ3n) is 5.24. The summed E-state index contributed by atoms with van der Waals surface area (Å²) in [6, 6.07) is 13.1. The van der Waals surface area contributed by atoms with Gasteiger partial charge in [-0.2, -0.15) is 0 Å². The van der Waals surface area contributed by atoms with Crippen LogP contribution >= 0.6 is 0 Å². The number of hydrogen-bond donors (Lipinski definition) is 2. The first-order valence-corrected chi connectivity index (χ1v) is 8.97. The number of ether oxygens (including phenoxy) is 2. The van der Waals surface area contributed by atoms with Gasteiger partial charge in [0.2, 0.25) is 0 Å². The van der Waals surface area contributed by atoms with E-state index in [1.54, 1.807) is 0 Å². The number of rotatable bonds is 6. The predicted molar refractivity (Wildman–Crippen MR) is 97.9 cm³/mol. The van der Waals surface area contributed by atoms with E-state index in [1.165, 1.54) is 6.07 Å². The first kappa shape index (κ1) is 19.9. The molecule has 1 aliphatic rings. The van der Waals surface area contributed by atoms with E-state index in [1.807, 2.05) is 37.3 Å². The van der Waals surface area contributed by atoms with Gasteiger partial charge in [-0.3, -0.25) is 0 Å². The molecule has 0 unspecified atom stereocenters. The molecule has 0 aliphatic carbocycles. The lowest BCUT2D eigenvalue weighted by Crippen LogP contribution is -2.59. The molecule has 27 heavy (non-hydrogen) atoms. The Labute approximate surface area is 157 Å². The van der Waals surface area contributed by atoms with Crippen LogP contribution in [0.5, 0.6) is 0 Å². The second kappa shape index (κ2) is 8.02. The zero-order valence-electron chi connectivity index (χ0n) is 15.3. The Morgan fingerprint density at radius 1 is 1.22 bits per heavy atom. The lowest BCUT2D eigenvalue weighted by Gasteiger charge is -2.48. The molecular formula is C21H25F2NO3. The van der Waals surface area contributed by atoms with Crippen LogP contribution in [-0.4, -0.2) is 30.5 Å². The quantitative estimate of drug-likeness (QED) is 0.812. The molecule has 6 heteroatoms. The third kappa shape index (κ3) is 4.35. The molecule has 2 aromatic carbocycles. The van der Waals surface area contributed by atoms with Gasteiger partial charge in [-0.05, 0) is 25.0 Å². The maximum Gasteiger partial charge on any atom is 0.131 e. The van der Waals surface area contributed by atoms with E-state index in [0.29, 0.717) is 19.6 Å². The second-order valence-electron chi connectivity index (χ2n) is 7.47. The lowest BCUT2D eigenvalue weighted by atomic mass is 9.72. The summed E-state index contributed by atoms with van der Waals surface area (Å²) >= 11 is 0. The summed E-state index contributed by atoms with van der Waals surface area (Å²) in [5.41, 5.74) is 5.76. The van der Waals surface area contributed by atoms with E-state index in [4.69, 9.17) is 15.2 Å². The van der Waals surface area contributed by atoms with Gasteiger partial charge in [0.1, 0.15) is 11.6 Å². The van der Waals surface area contributed by atoms with Crippen molar-refractivity contribution in [3.8, 4) is 0 Å². The van der Waals surface area contributed by atoms with Gasteiger partial charge in [0, 0.05) is 24.2 Å². The SMILES string of the molecule is C[C@]1(COCc2ccccc2)C[C@@H](CO)[C@](N)(c2ccc(F)cc2F)CO1. The molecule has 2 aromatic rings. The van der Waals surface area contributed by atoms with Gasteiger partial charge in [-0.15, -0.1) is 0 Å². The summed E-state index contributed by atoms with van der Waals surface area (Å²) in [6.45, 7) is 2.43. The monoisotopic (exact) mass is 377 g/mol. The normalized spacial score (nSPS) is 28.3. The molecule has 4 nitrogen and oxygen atoms in total. The molecule has 3 atom stereocenters. The van der Waals surface area contributed by atoms with E-state index in [0.717, 1.165) is 17.7 Å². The molecule has 146 valence electrons. The minimum atomic E-state index is -1.23. The number of halogens is 2. The largest absolute Gasteiger partial charge is 0.396 e. The van der Waals surface area contributed by atoms with Crippen LogP contribution in [0.2, 0.25) is 0 Å². The Hall–Kier alpha value is -1.86. The van der Waals surface area contributed by atoms with Crippen LogP contribution in [0.3, 0.4) is 0 Å². The second-order valence-corrected chi connectivity index (χ2v) is 7.47. The van der Waals surface area contributed by atoms with Gasteiger partial charge < -0.3 is 20.3 Å². The van der Waals surface area contributed by atoms with Crippen LogP contribution in [0.25, 0.3) is 0 Å². The van der Waals surface area contributed by atoms with Gasteiger partial charge in [0.05, 0.1) is 31.0 Å². The fourth-order valence-electron chi connectivity index (χ4n) is 3.63. The van der Waals surface area contributed by atoms with Crippen molar-refractivity contribution in [1.82, 2.24) is 0 Å². The van der Waals surface area contributed by atoms with E-state index < -0.39 is 28.7 Å². The van der Waals surface area contributed by atoms with Crippen molar-refractivity contribution >= 4 is 0 Å². The highest BCUT2D eigenvalue weighted by molar-refractivity contribution is 5.29. The summed E-state index contributed by atoms with van der Waals surface area (Å²) in [7, 11) is 0. The molecule has 0 aromatic heterocycles. The van der Waals surface area contributed by atoms with Crippen LogP contribution in [0, 0.1) is 17.6 Å². The van der Waals surface area contributed by atoms with E-state index in [2.05, 4.69) is 0 Å². The molecular weight excluding hydrogens is 352 g/mol. The van der Waals surface area contributed by atoms with Gasteiger partial charge in [0.15, 0.2) is 0 Å². The maximum atomic E-state index is 14.3. The zero-order valence-corrected chi connectivity index (χ0v) is 15.3. The van der Waals surface area contributed by atoms with Gasteiger partial charge >= 0.3 is 0 Å². The van der Waals surface area contributed by atoms with Crippen LogP contribution in [0.1, 0.15) is 24.5 Å². The number of hydrogen-bond acceptors (Lipinski definition) is 4. The molecule has 3 N–H and O–H groups in total. The van der Waals surface area contributed by atoms with E-state index in [-0.39, 0.29) is 18.8 Å². The smallest absolute Gasteiger partial charge is 0.131 e. The summed E-state index contributed by atoms with van der Waals surface area (Å²) < 4.78 is 39.3. The Kier molecular flexibility index (Phi) is 5.91. The minimum absolute atomic E-state index is 0.00593. The highest BCUT2D eigenvalue weighted by Crippen LogP contribution is 2.41. The Bertz CT molecular complexity index is 773. The number of aliphatic hydroxyl groups is 1. The van der Waals surface area contributed by atoms with Gasteiger partial charge in [0.25, 0.3) is 0 Å². The highest BCUT2D eigenvalue weighted by Gasteiger charge is 2.48. The summed E-state index contributed by atoms with van der Waals surface area (Å²) in [6.07, 6.45) is 0.394. The summed E-state index contributed by atoms with van der Waals surface area (Å²) in [5.74, 6) is -1.85. The molecule has 3 rings (SSSR count). The maximum absolute atomic E-state index is 14.3. The van der Waals surface area contributed by atoms with E-state index in [9.17, 15) is 13.9 Å². The van der Waals surface area contributed by atoms with Crippen LogP contribution in [0.15, 0.2) is 48.5 Å². The first-order chi connectivity index (χ1) is 12.9. The van der Waals surface area contributed by atoms with Crippen LogP contribution in [-0.2, 0) is 21.6 Å². The van der Waals surface area contributed by atoms with Crippen LogP contribution < -0.4 is 5.73 Å². The van der Waals surface area contributed by atoms with Crippen molar-refractivity contribution in [2.24, 2.45) is 11.7 Å². The molecule has 1 fully saturated rings. The fraction of sp³-hybridized carbons (Fsp3) is 0.429. The molecule has 1 aliphatic heterocycles. The van der Waals surface area contributed by atoms with E-state index >= 15 is 0 Å². The minimum Gasteiger partial charge on any atom is -0.396 e. The molecule has 0 saturated carbocycles. The first-order valence-electron chi connectivity index (χ1n) is 8.97. The lowest BCUT2D eigenvalue weighted by molar-refractivity contribution is -0.164. The molecule has 0 amide bonds. The molecule has 1 heterocycles. The Morgan fingerprint density at radius 3 is 2.63 bits per heavy atom. The van der Waals surface area contributed by atoms with Crippen LogP contribution in [0.4, 0.5) is 8.78 Å². The molecule has 0 radical (unpaired) electrons.